The Labute approximate surface area is 69.9 Å². The van der Waals surface area contributed by atoms with Gasteiger partial charge in [0.25, 0.3) is 0 Å². The third kappa shape index (κ3) is 0.785. The monoisotopic (exact) mass is 157 g/mol. The maximum absolute atomic E-state index is 8.73. The number of aromatic nitrogens is 2. The molecule has 2 heterocycles. The van der Waals surface area contributed by atoms with Gasteiger partial charge in [0.1, 0.15) is 5.65 Å². The molecule has 0 aliphatic rings. The van der Waals surface area contributed by atoms with E-state index >= 15 is 0 Å². The molecule has 0 amide bonds. The second kappa shape index (κ2) is 2.35. The maximum atomic E-state index is 8.73. The Balaban J connectivity index is 2.89. The molecule has 0 spiro atoms. The summed E-state index contributed by atoms with van der Waals surface area (Å²) in [5, 5.41) is 8.73. The number of hydrogen-bond donors (Lipinski definition) is 0. The molecule has 0 aromatic carbocycles. The summed E-state index contributed by atoms with van der Waals surface area (Å²) in [5.41, 5.74) is 2.48. The highest BCUT2D eigenvalue weighted by atomic mass is 15.0. The highest BCUT2D eigenvalue weighted by molar-refractivity contribution is 5.54. The van der Waals surface area contributed by atoms with Crippen molar-refractivity contribution in [3.05, 3.63) is 35.8 Å². The summed E-state index contributed by atoms with van der Waals surface area (Å²) < 4.78 is 1.90. The van der Waals surface area contributed by atoms with Gasteiger partial charge in [0, 0.05) is 24.2 Å². The molecular formula is C9H7N3. The van der Waals surface area contributed by atoms with E-state index < -0.39 is 0 Å². The molecule has 0 radical (unpaired) electrons. The van der Waals surface area contributed by atoms with Crippen molar-refractivity contribution in [1.29, 1.82) is 5.26 Å². The Kier molecular flexibility index (Phi) is 1.34. The van der Waals surface area contributed by atoms with E-state index in [1.165, 1.54) is 0 Å². The highest BCUT2D eigenvalue weighted by Crippen LogP contribution is 2.11. The predicted octanol–water partition coefficient (Wildman–Crippen LogP) is 1.51. The summed E-state index contributed by atoms with van der Waals surface area (Å²) in [6, 6.07) is 3.92. The molecule has 0 bridgehead atoms. The second-order valence-electron chi connectivity index (χ2n) is 2.62. The molecule has 12 heavy (non-hydrogen) atoms. The molecular weight excluding hydrogens is 150 g/mol. The van der Waals surface area contributed by atoms with Crippen LogP contribution in [0.15, 0.2) is 24.7 Å². The average molecular weight is 157 g/mol. The molecule has 0 unspecified atom stereocenters. The lowest BCUT2D eigenvalue weighted by Crippen LogP contribution is -1.90. The Morgan fingerprint density at radius 3 is 3.08 bits per heavy atom. The predicted molar refractivity (Wildman–Crippen MR) is 44.6 cm³/mol. The van der Waals surface area contributed by atoms with Gasteiger partial charge in [-0.15, -0.1) is 0 Å². The van der Waals surface area contributed by atoms with Gasteiger partial charge in [0.15, 0.2) is 0 Å². The van der Waals surface area contributed by atoms with Gasteiger partial charge in [0.2, 0.25) is 0 Å². The van der Waals surface area contributed by atoms with Gasteiger partial charge in [0.05, 0.1) is 11.6 Å². The fourth-order valence-corrected chi connectivity index (χ4v) is 1.25. The standard InChI is InChI=1S/C9H7N3/c1-7-8(6-10)2-4-12-5-3-11-9(7)12/h2-5H,1H3. The van der Waals surface area contributed by atoms with E-state index in [0.29, 0.717) is 5.56 Å². The fraction of sp³-hybridized carbons (Fsp3) is 0.111. The lowest BCUT2D eigenvalue weighted by molar-refractivity contribution is 1.15. The third-order valence-corrected chi connectivity index (χ3v) is 1.93. The van der Waals surface area contributed by atoms with Crippen molar-refractivity contribution in [1.82, 2.24) is 9.38 Å². The van der Waals surface area contributed by atoms with Gasteiger partial charge in [-0.2, -0.15) is 5.26 Å². The maximum Gasteiger partial charge on any atom is 0.140 e. The van der Waals surface area contributed by atoms with Crippen LogP contribution in [-0.4, -0.2) is 9.38 Å². The van der Waals surface area contributed by atoms with Crippen molar-refractivity contribution < 1.29 is 0 Å². The molecule has 3 heteroatoms. The first-order valence-electron chi connectivity index (χ1n) is 3.65. The molecule has 2 rings (SSSR count). The summed E-state index contributed by atoms with van der Waals surface area (Å²) in [7, 11) is 0. The van der Waals surface area contributed by atoms with Gasteiger partial charge in [-0.25, -0.2) is 4.98 Å². The smallest absolute Gasteiger partial charge is 0.140 e. The van der Waals surface area contributed by atoms with Crippen LogP contribution in [0.3, 0.4) is 0 Å². The summed E-state index contributed by atoms with van der Waals surface area (Å²) in [6.07, 6.45) is 5.43. The van der Waals surface area contributed by atoms with Crippen LogP contribution in [0.5, 0.6) is 0 Å². The zero-order valence-corrected chi connectivity index (χ0v) is 6.65. The topological polar surface area (TPSA) is 41.1 Å². The minimum Gasteiger partial charge on any atom is -0.307 e. The lowest BCUT2D eigenvalue weighted by atomic mass is 10.2. The van der Waals surface area contributed by atoms with E-state index in [4.69, 9.17) is 5.26 Å². The highest BCUT2D eigenvalue weighted by Gasteiger charge is 2.02. The van der Waals surface area contributed by atoms with E-state index in [2.05, 4.69) is 11.1 Å². The van der Waals surface area contributed by atoms with Crippen molar-refractivity contribution in [3.8, 4) is 6.07 Å². The number of hydrogen-bond acceptors (Lipinski definition) is 2. The fourth-order valence-electron chi connectivity index (χ4n) is 1.25. The molecule has 2 aromatic heterocycles. The number of pyridine rings is 1. The lowest BCUT2D eigenvalue weighted by Gasteiger charge is -1.98. The van der Waals surface area contributed by atoms with E-state index in [9.17, 15) is 0 Å². The van der Waals surface area contributed by atoms with Crippen LogP contribution >= 0.6 is 0 Å². The van der Waals surface area contributed by atoms with Crippen molar-refractivity contribution in [2.75, 3.05) is 0 Å². The van der Waals surface area contributed by atoms with Gasteiger partial charge in [-0.3, -0.25) is 0 Å². The first-order valence-corrected chi connectivity index (χ1v) is 3.65. The first-order chi connectivity index (χ1) is 5.83. The third-order valence-electron chi connectivity index (χ3n) is 1.93. The summed E-state index contributed by atoms with van der Waals surface area (Å²) in [5.74, 6) is 0. The molecule has 0 saturated heterocycles. The zero-order valence-electron chi connectivity index (χ0n) is 6.65. The molecule has 0 atom stereocenters. The van der Waals surface area contributed by atoms with Crippen molar-refractivity contribution in [2.45, 2.75) is 6.92 Å². The van der Waals surface area contributed by atoms with Crippen molar-refractivity contribution in [3.63, 3.8) is 0 Å². The van der Waals surface area contributed by atoms with E-state index in [0.717, 1.165) is 11.2 Å². The minimum absolute atomic E-state index is 0.689. The Bertz CT molecular complexity index is 462. The molecule has 0 N–H and O–H groups in total. The SMILES string of the molecule is Cc1c(C#N)ccn2ccnc12. The van der Waals surface area contributed by atoms with Crippen LogP contribution < -0.4 is 0 Å². The van der Waals surface area contributed by atoms with Gasteiger partial charge < -0.3 is 4.40 Å². The molecule has 3 nitrogen and oxygen atoms in total. The molecule has 0 fully saturated rings. The normalized spacial score (nSPS) is 10.0. The van der Waals surface area contributed by atoms with E-state index in [1.807, 2.05) is 23.7 Å². The van der Waals surface area contributed by atoms with Crippen LogP contribution in [0.4, 0.5) is 0 Å². The summed E-state index contributed by atoms with van der Waals surface area (Å²) >= 11 is 0. The number of imidazole rings is 1. The quantitative estimate of drug-likeness (QED) is 0.581. The molecule has 0 aliphatic carbocycles. The van der Waals surface area contributed by atoms with Crippen LogP contribution in [0.2, 0.25) is 0 Å². The van der Waals surface area contributed by atoms with E-state index in [-0.39, 0.29) is 0 Å². The van der Waals surface area contributed by atoms with Gasteiger partial charge in [-0.05, 0) is 13.0 Å². The Hall–Kier alpha value is -1.82. The Morgan fingerprint density at radius 2 is 2.33 bits per heavy atom. The Morgan fingerprint density at radius 1 is 1.50 bits per heavy atom. The van der Waals surface area contributed by atoms with Crippen LogP contribution in [0, 0.1) is 18.3 Å². The van der Waals surface area contributed by atoms with Gasteiger partial charge >= 0.3 is 0 Å². The largest absolute Gasteiger partial charge is 0.307 e. The van der Waals surface area contributed by atoms with Crippen LogP contribution in [0.1, 0.15) is 11.1 Å². The number of rotatable bonds is 0. The van der Waals surface area contributed by atoms with Crippen molar-refractivity contribution >= 4 is 5.65 Å². The van der Waals surface area contributed by atoms with Crippen molar-refractivity contribution in [2.24, 2.45) is 0 Å². The first kappa shape index (κ1) is 6.86. The zero-order chi connectivity index (χ0) is 8.55. The second-order valence-corrected chi connectivity index (χ2v) is 2.62. The average Bonchev–Trinajstić information content (AvgIpc) is 2.53. The number of nitriles is 1. The number of nitrogens with zero attached hydrogens (tertiary/aromatic N) is 3. The number of aryl methyl sites for hydroxylation is 1. The number of fused-ring (bicyclic) bond motifs is 1. The summed E-state index contributed by atoms with van der Waals surface area (Å²) in [4.78, 5) is 4.14. The van der Waals surface area contributed by atoms with Crippen LogP contribution in [-0.2, 0) is 0 Å². The molecule has 2 aromatic rings. The molecule has 58 valence electrons. The summed E-state index contributed by atoms with van der Waals surface area (Å²) in [6.45, 7) is 1.90. The molecule has 0 saturated carbocycles. The van der Waals surface area contributed by atoms with Gasteiger partial charge in [-0.1, -0.05) is 0 Å². The van der Waals surface area contributed by atoms with Crippen LogP contribution in [0.25, 0.3) is 5.65 Å². The van der Waals surface area contributed by atoms with E-state index in [1.54, 1.807) is 12.3 Å². The molecule has 0 aliphatic heterocycles. The minimum atomic E-state index is 0.689.